The Morgan fingerprint density at radius 3 is 2.56 bits per heavy atom. The molecule has 0 spiro atoms. The summed E-state index contributed by atoms with van der Waals surface area (Å²) in [6.45, 7) is 0. The second-order valence-corrected chi connectivity index (χ2v) is 3.20. The number of anilines is 1. The average Bonchev–Trinajstić information content (AvgIpc) is 2.27. The summed E-state index contributed by atoms with van der Waals surface area (Å²) < 4.78 is 44.0. The van der Waals surface area contributed by atoms with Crippen molar-refractivity contribution >= 4 is 17.7 Å². The van der Waals surface area contributed by atoms with E-state index < -0.39 is 18.1 Å². The van der Waals surface area contributed by atoms with Gasteiger partial charge < -0.3 is 15.2 Å². The van der Waals surface area contributed by atoms with Crippen LogP contribution in [0.5, 0.6) is 5.75 Å². The first-order valence-electron chi connectivity index (χ1n) is 4.73. The number of benzene rings is 1. The van der Waals surface area contributed by atoms with Crippen molar-refractivity contribution in [1.29, 1.82) is 0 Å². The van der Waals surface area contributed by atoms with E-state index in [1.54, 1.807) is 0 Å². The lowest BCUT2D eigenvalue weighted by Crippen LogP contribution is -2.18. The lowest BCUT2D eigenvalue weighted by atomic mass is 10.2. The van der Waals surface area contributed by atoms with E-state index in [0.29, 0.717) is 5.56 Å². The zero-order valence-corrected chi connectivity index (χ0v) is 9.32. The molecule has 0 aliphatic heterocycles. The summed E-state index contributed by atoms with van der Waals surface area (Å²) in [7, 11) is 1.21. The zero-order valence-electron chi connectivity index (χ0n) is 9.32. The second kappa shape index (κ2) is 5.44. The fourth-order valence-corrected chi connectivity index (χ4v) is 1.12. The van der Waals surface area contributed by atoms with E-state index in [0.717, 1.165) is 12.1 Å². The first kappa shape index (κ1) is 13.9. The lowest BCUT2D eigenvalue weighted by molar-refractivity contribution is -0.274. The van der Waals surface area contributed by atoms with Gasteiger partial charge in [0.15, 0.2) is 5.75 Å². The van der Waals surface area contributed by atoms with Crippen molar-refractivity contribution < 1.29 is 27.4 Å². The number of nitrogen functional groups attached to an aromatic ring is 1. The predicted octanol–water partition coefficient (Wildman–Crippen LogP) is 2.35. The molecule has 7 heteroatoms. The van der Waals surface area contributed by atoms with Gasteiger partial charge in [-0.1, -0.05) is 6.07 Å². The molecule has 1 aromatic rings. The first-order chi connectivity index (χ1) is 8.31. The SMILES string of the molecule is COC(=O)C=Cc1ccc(OC(F)(F)F)c(N)c1. The normalized spacial score (nSPS) is 11.6. The topological polar surface area (TPSA) is 61.5 Å². The maximum Gasteiger partial charge on any atom is 0.573 e. The van der Waals surface area contributed by atoms with Gasteiger partial charge >= 0.3 is 12.3 Å². The van der Waals surface area contributed by atoms with Crippen LogP contribution in [0.15, 0.2) is 24.3 Å². The van der Waals surface area contributed by atoms with Crippen LogP contribution < -0.4 is 10.5 Å². The van der Waals surface area contributed by atoms with Crippen molar-refractivity contribution in [3.05, 3.63) is 29.8 Å². The number of alkyl halides is 3. The molecule has 0 saturated heterocycles. The Balaban J connectivity index is 2.86. The van der Waals surface area contributed by atoms with Crippen molar-refractivity contribution in [2.24, 2.45) is 0 Å². The highest BCUT2D eigenvalue weighted by Crippen LogP contribution is 2.29. The lowest BCUT2D eigenvalue weighted by Gasteiger charge is -2.11. The van der Waals surface area contributed by atoms with E-state index >= 15 is 0 Å². The van der Waals surface area contributed by atoms with Crippen molar-refractivity contribution in [2.75, 3.05) is 12.8 Å². The maximum atomic E-state index is 12.0. The van der Waals surface area contributed by atoms with Gasteiger partial charge in [0.1, 0.15) is 0 Å². The summed E-state index contributed by atoms with van der Waals surface area (Å²) in [5, 5.41) is 0. The van der Waals surface area contributed by atoms with Gasteiger partial charge in [-0.2, -0.15) is 0 Å². The second-order valence-electron chi connectivity index (χ2n) is 3.20. The fraction of sp³-hybridized carbons (Fsp3) is 0.182. The van der Waals surface area contributed by atoms with E-state index in [4.69, 9.17) is 5.73 Å². The highest BCUT2D eigenvalue weighted by Gasteiger charge is 2.31. The molecule has 0 aliphatic carbocycles. The molecule has 0 atom stereocenters. The van der Waals surface area contributed by atoms with Gasteiger partial charge in [-0.3, -0.25) is 0 Å². The summed E-state index contributed by atoms with van der Waals surface area (Å²) in [5.41, 5.74) is 5.66. The van der Waals surface area contributed by atoms with Crippen molar-refractivity contribution in [3.8, 4) is 5.75 Å². The van der Waals surface area contributed by atoms with Gasteiger partial charge in [-0.15, -0.1) is 13.2 Å². The Bertz CT molecular complexity index is 469. The number of rotatable bonds is 3. The average molecular weight is 261 g/mol. The Kier molecular flexibility index (Phi) is 4.19. The number of carbonyl (C=O) groups excluding carboxylic acids is 1. The predicted molar refractivity (Wildman–Crippen MR) is 58.6 cm³/mol. The molecule has 1 aromatic carbocycles. The molecule has 4 nitrogen and oxygen atoms in total. The van der Waals surface area contributed by atoms with Crippen LogP contribution in [0, 0.1) is 0 Å². The Morgan fingerprint density at radius 2 is 2.06 bits per heavy atom. The number of carbonyl (C=O) groups is 1. The fourth-order valence-electron chi connectivity index (χ4n) is 1.12. The largest absolute Gasteiger partial charge is 0.573 e. The van der Waals surface area contributed by atoms with Crippen LogP contribution >= 0.6 is 0 Å². The molecule has 0 radical (unpaired) electrons. The van der Waals surface area contributed by atoms with Crippen molar-refractivity contribution in [2.45, 2.75) is 6.36 Å². The van der Waals surface area contributed by atoms with Crippen LogP contribution in [0.3, 0.4) is 0 Å². The van der Waals surface area contributed by atoms with E-state index in [9.17, 15) is 18.0 Å². The Morgan fingerprint density at radius 1 is 1.39 bits per heavy atom. The molecule has 2 N–H and O–H groups in total. The van der Waals surface area contributed by atoms with Crippen LogP contribution in [0.4, 0.5) is 18.9 Å². The molecular formula is C11H10F3NO3. The van der Waals surface area contributed by atoms with E-state index in [-0.39, 0.29) is 5.69 Å². The van der Waals surface area contributed by atoms with Crippen LogP contribution in [-0.4, -0.2) is 19.4 Å². The van der Waals surface area contributed by atoms with Crippen LogP contribution in [0.25, 0.3) is 6.08 Å². The quantitative estimate of drug-likeness (QED) is 0.515. The number of ether oxygens (including phenoxy) is 2. The molecule has 0 heterocycles. The molecule has 0 aromatic heterocycles. The van der Waals surface area contributed by atoms with Crippen LogP contribution in [-0.2, 0) is 9.53 Å². The van der Waals surface area contributed by atoms with Gasteiger partial charge in [0.2, 0.25) is 0 Å². The van der Waals surface area contributed by atoms with Gasteiger partial charge in [0.05, 0.1) is 12.8 Å². The highest BCUT2D eigenvalue weighted by atomic mass is 19.4. The monoisotopic (exact) mass is 261 g/mol. The maximum absolute atomic E-state index is 12.0. The number of nitrogens with two attached hydrogens (primary N) is 1. The molecule has 0 unspecified atom stereocenters. The van der Waals surface area contributed by atoms with Gasteiger partial charge in [-0.05, 0) is 23.8 Å². The Labute approximate surface area is 101 Å². The summed E-state index contributed by atoms with van der Waals surface area (Å²) in [4.78, 5) is 10.8. The summed E-state index contributed by atoms with van der Waals surface area (Å²) in [6.07, 6.45) is -2.31. The molecule has 0 fully saturated rings. The molecule has 1 rings (SSSR count). The van der Waals surface area contributed by atoms with Crippen molar-refractivity contribution in [3.63, 3.8) is 0 Å². The number of hydrogen-bond acceptors (Lipinski definition) is 4. The molecule has 0 aliphatic rings. The molecule has 0 saturated carbocycles. The summed E-state index contributed by atoms with van der Waals surface area (Å²) in [5.74, 6) is -1.07. The molecule has 18 heavy (non-hydrogen) atoms. The van der Waals surface area contributed by atoms with E-state index in [1.165, 1.54) is 25.3 Å². The molecular weight excluding hydrogens is 251 g/mol. The van der Waals surface area contributed by atoms with Gasteiger partial charge in [0, 0.05) is 6.08 Å². The smallest absolute Gasteiger partial charge is 0.466 e. The number of esters is 1. The minimum Gasteiger partial charge on any atom is -0.466 e. The Hall–Kier alpha value is -2.18. The molecule has 0 bridgehead atoms. The standard InChI is InChI=1S/C11H10F3NO3/c1-17-10(16)5-3-7-2-4-9(8(15)6-7)18-11(12,13)14/h2-6H,15H2,1H3. The zero-order chi connectivity index (χ0) is 13.8. The third-order valence-corrected chi connectivity index (χ3v) is 1.87. The summed E-state index contributed by atoms with van der Waals surface area (Å²) in [6, 6.07) is 3.65. The van der Waals surface area contributed by atoms with Crippen molar-refractivity contribution in [1.82, 2.24) is 0 Å². The third-order valence-electron chi connectivity index (χ3n) is 1.87. The number of hydrogen-bond donors (Lipinski definition) is 1. The van der Waals surface area contributed by atoms with Gasteiger partial charge in [0.25, 0.3) is 0 Å². The minimum absolute atomic E-state index is 0.181. The third kappa shape index (κ3) is 4.36. The number of halogens is 3. The minimum atomic E-state index is -4.79. The highest BCUT2D eigenvalue weighted by molar-refractivity contribution is 5.87. The van der Waals surface area contributed by atoms with E-state index in [1.807, 2.05) is 0 Å². The van der Waals surface area contributed by atoms with Crippen LogP contribution in [0.1, 0.15) is 5.56 Å². The van der Waals surface area contributed by atoms with Crippen LogP contribution in [0.2, 0.25) is 0 Å². The molecule has 0 amide bonds. The summed E-state index contributed by atoms with van der Waals surface area (Å²) >= 11 is 0. The van der Waals surface area contributed by atoms with Gasteiger partial charge in [-0.25, -0.2) is 4.79 Å². The number of methoxy groups -OCH3 is 1. The first-order valence-corrected chi connectivity index (χ1v) is 4.73. The molecule has 98 valence electrons. The van der Waals surface area contributed by atoms with E-state index in [2.05, 4.69) is 9.47 Å².